The molecule has 1 N–H and O–H groups in total. The second kappa shape index (κ2) is 5.80. The predicted octanol–water partition coefficient (Wildman–Crippen LogP) is 4.72. The van der Waals surface area contributed by atoms with Gasteiger partial charge in [-0.25, -0.2) is 9.97 Å². The van der Waals surface area contributed by atoms with E-state index in [2.05, 4.69) is 57.4 Å². The highest BCUT2D eigenvalue weighted by atomic mass is 35.5. The van der Waals surface area contributed by atoms with Crippen molar-refractivity contribution in [2.75, 3.05) is 17.3 Å². The van der Waals surface area contributed by atoms with E-state index in [4.69, 9.17) is 11.6 Å². The number of aryl methyl sites for hydroxylation is 1. The van der Waals surface area contributed by atoms with Gasteiger partial charge in [-0.15, -0.1) is 0 Å². The van der Waals surface area contributed by atoms with Crippen LogP contribution in [0.3, 0.4) is 0 Å². The van der Waals surface area contributed by atoms with Crippen molar-refractivity contribution in [1.82, 2.24) is 9.97 Å². The Labute approximate surface area is 146 Å². The molecule has 0 fully saturated rings. The topological polar surface area (TPSA) is 41.1 Å². The van der Waals surface area contributed by atoms with Crippen molar-refractivity contribution in [3.8, 4) is 0 Å². The Hall–Kier alpha value is -2.59. The molecule has 0 radical (unpaired) electrons. The van der Waals surface area contributed by atoms with Crippen LogP contribution in [0.5, 0.6) is 0 Å². The van der Waals surface area contributed by atoms with Gasteiger partial charge in [-0.05, 0) is 18.6 Å². The minimum atomic E-state index is -0.0201. The first-order chi connectivity index (χ1) is 11.6. The molecule has 5 heteroatoms. The van der Waals surface area contributed by atoms with Gasteiger partial charge in [0.2, 0.25) is 0 Å². The van der Waals surface area contributed by atoms with E-state index in [9.17, 15) is 0 Å². The average Bonchev–Trinajstić information content (AvgIpc) is 2.72. The maximum Gasteiger partial charge on any atom is 0.161 e. The first kappa shape index (κ1) is 15.0. The third kappa shape index (κ3) is 2.39. The van der Waals surface area contributed by atoms with Gasteiger partial charge in [-0.1, -0.05) is 59.6 Å². The molecule has 24 heavy (non-hydrogen) atoms. The van der Waals surface area contributed by atoms with Crippen molar-refractivity contribution in [2.45, 2.75) is 13.0 Å². The van der Waals surface area contributed by atoms with Gasteiger partial charge >= 0.3 is 0 Å². The van der Waals surface area contributed by atoms with E-state index in [1.807, 2.05) is 25.2 Å². The molecule has 0 amide bonds. The molecule has 2 aromatic carbocycles. The molecule has 2 heterocycles. The standard InChI is InChI=1S/C19H17ClN4/c1-12-8-9-15-14(10-12)16(13-6-4-3-5-7-13)23-17-18(20)21-11-22-19(17)24(15)2/h3-11,16,23H,1-2H3. The van der Waals surface area contributed by atoms with E-state index in [0.717, 1.165) is 17.2 Å². The van der Waals surface area contributed by atoms with Crippen LogP contribution in [0.2, 0.25) is 5.15 Å². The fourth-order valence-electron chi connectivity index (χ4n) is 3.19. The number of rotatable bonds is 1. The molecular weight excluding hydrogens is 320 g/mol. The van der Waals surface area contributed by atoms with Crippen molar-refractivity contribution < 1.29 is 0 Å². The van der Waals surface area contributed by atoms with Crippen LogP contribution < -0.4 is 10.2 Å². The summed E-state index contributed by atoms with van der Waals surface area (Å²) in [7, 11) is 2.01. The highest BCUT2D eigenvalue weighted by molar-refractivity contribution is 6.32. The molecule has 1 aliphatic heterocycles. The lowest BCUT2D eigenvalue weighted by atomic mass is 9.95. The second-order valence-corrected chi connectivity index (χ2v) is 6.33. The molecule has 4 rings (SSSR count). The predicted molar refractivity (Wildman–Crippen MR) is 98.2 cm³/mol. The summed E-state index contributed by atoms with van der Waals surface area (Å²) in [5.74, 6) is 0.776. The Morgan fingerprint density at radius 2 is 1.88 bits per heavy atom. The van der Waals surface area contributed by atoms with E-state index in [1.54, 1.807) is 0 Å². The van der Waals surface area contributed by atoms with E-state index >= 15 is 0 Å². The van der Waals surface area contributed by atoms with Crippen LogP contribution in [0.1, 0.15) is 22.7 Å². The lowest BCUT2D eigenvalue weighted by Gasteiger charge is -2.22. The van der Waals surface area contributed by atoms with Gasteiger partial charge in [-0.2, -0.15) is 0 Å². The summed E-state index contributed by atoms with van der Waals surface area (Å²) in [6.07, 6.45) is 1.50. The molecule has 0 saturated heterocycles. The van der Waals surface area contributed by atoms with Crippen LogP contribution in [-0.4, -0.2) is 17.0 Å². The zero-order chi connectivity index (χ0) is 16.7. The van der Waals surface area contributed by atoms with E-state index in [-0.39, 0.29) is 6.04 Å². The third-order valence-corrected chi connectivity index (χ3v) is 4.66. The van der Waals surface area contributed by atoms with Crippen molar-refractivity contribution in [1.29, 1.82) is 0 Å². The van der Waals surface area contributed by atoms with Crippen LogP contribution >= 0.6 is 11.6 Å². The molecule has 1 aliphatic rings. The summed E-state index contributed by atoms with van der Waals surface area (Å²) < 4.78 is 0. The lowest BCUT2D eigenvalue weighted by Crippen LogP contribution is -2.13. The van der Waals surface area contributed by atoms with Gasteiger partial charge < -0.3 is 10.2 Å². The smallest absolute Gasteiger partial charge is 0.161 e. The number of halogens is 1. The van der Waals surface area contributed by atoms with Gasteiger partial charge in [0.05, 0.1) is 6.04 Å². The number of fused-ring (bicyclic) bond motifs is 2. The zero-order valence-electron chi connectivity index (χ0n) is 13.5. The SMILES string of the molecule is Cc1ccc2c(c1)C(c1ccccc1)Nc1c(Cl)ncnc1N2C. The normalized spacial score (nSPS) is 16.0. The molecule has 1 unspecified atom stereocenters. The van der Waals surface area contributed by atoms with E-state index in [0.29, 0.717) is 5.15 Å². The van der Waals surface area contributed by atoms with E-state index < -0.39 is 0 Å². The van der Waals surface area contributed by atoms with Crippen LogP contribution in [-0.2, 0) is 0 Å². The first-order valence-electron chi connectivity index (χ1n) is 7.81. The maximum atomic E-state index is 6.37. The zero-order valence-corrected chi connectivity index (χ0v) is 14.2. The summed E-state index contributed by atoms with van der Waals surface area (Å²) in [5.41, 5.74) is 5.44. The Kier molecular flexibility index (Phi) is 3.62. The Balaban J connectivity index is 1.99. The highest BCUT2D eigenvalue weighted by Gasteiger charge is 2.28. The number of hydrogen-bond acceptors (Lipinski definition) is 4. The Morgan fingerprint density at radius 3 is 2.67 bits per heavy atom. The van der Waals surface area contributed by atoms with Crippen molar-refractivity contribution in [3.63, 3.8) is 0 Å². The van der Waals surface area contributed by atoms with Crippen molar-refractivity contribution in [3.05, 3.63) is 76.7 Å². The molecule has 1 aromatic heterocycles. The van der Waals surface area contributed by atoms with Gasteiger partial charge in [-0.3, -0.25) is 0 Å². The number of anilines is 3. The minimum absolute atomic E-state index is 0.0201. The molecular formula is C19H17ClN4. The third-order valence-electron chi connectivity index (χ3n) is 4.38. The number of benzene rings is 2. The summed E-state index contributed by atoms with van der Waals surface area (Å²) in [6.45, 7) is 2.10. The highest BCUT2D eigenvalue weighted by Crippen LogP contribution is 2.44. The van der Waals surface area contributed by atoms with Gasteiger partial charge in [0, 0.05) is 18.3 Å². The monoisotopic (exact) mass is 336 g/mol. The fourth-order valence-corrected chi connectivity index (χ4v) is 3.37. The quantitative estimate of drug-likeness (QED) is 0.653. The minimum Gasteiger partial charge on any atom is -0.369 e. The largest absolute Gasteiger partial charge is 0.369 e. The molecule has 4 nitrogen and oxygen atoms in total. The number of hydrogen-bond donors (Lipinski definition) is 1. The van der Waals surface area contributed by atoms with Gasteiger partial charge in [0.25, 0.3) is 0 Å². The fraction of sp³-hybridized carbons (Fsp3) is 0.158. The van der Waals surface area contributed by atoms with Crippen LogP contribution in [0.25, 0.3) is 0 Å². The number of aromatic nitrogens is 2. The lowest BCUT2D eigenvalue weighted by molar-refractivity contribution is 0.941. The van der Waals surface area contributed by atoms with Crippen LogP contribution in [0.15, 0.2) is 54.9 Å². The van der Waals surface area contributed by atoms with Crippen molar-refractivity contribution in [2.24, 2.45) is 0 Å². The second-order valence-electron chi connectivity index (χ2n) is 5.97. The van der Waals surface area contributed by atoms with Gasteiger partial charge in [0.1, 0.15) is 12.0 Å². The summed E-state index contributed by atoms with van der Waals surface area (Å²) in [6, 6.07) is 16.8. The van der Waals surface area contributed by atoms with E-state index in [1.165, 1.54) is 23.0 Å². The molecule has 0 saturated carbocycles. The van der Waals surface area contributed by atoms with Gasteiger partial charge in [0.15, 0.2) is 11.0 Å². The molecule has 0 aliphatic carbocycles. The summed E-state index contributed by atoms with van der Waals surface area (Å²) >= 11 is 6.37. The molecule has 120 valence electrons. The van der Waals surface area contributed by atoms with Crippen LogP contribution in [0, 0.1) is 6.92 Å². The first-order valence-corrected chi connectivity index (χ1v) is 8.19. The summed E-state index contributed by atoms with van der Waals surface area (Å²) in [5, 5.41) is 3.99. The number of nitrogens with one attached hydrogen (secondary N) is 1. The molecule has 0 bridgehead atoms. The number of nitrogens with zero attached hydrogens (tertiary/aromatic N) is 3. The molecule has 0 spiro atoms. The van der Waals surface area contributed by atoms with Crippen LogP contribution in [0.4, 0.5) is 17.2 Å². The van der Waals surface area contributed by atoms with Crippen molar-refractivity contribution >= 4 is 28.8 Å². The Morgan fingerprint density at radius 1 is 1.08 bits per heavy atom. The maximum absolute atomic E-state index is 6.37. The molecule has 3 aromatic rings. The Bertz CT molecular complexity index is 895. The molecule has 1 atom stereocenters. The average molecular weight is 337 g/mol. The summed E-state index contributed by atoms with van der Waals surface area (Å²) in [4.78, 5) is 10.6.